The summed E-state index contributed by atoms with van der Waals surface area (Å²) in [6.07, 6.45) is 4.00. The SMILES string of the molecule is CC(C)(C)c1noc(C23CCC(NC(=O)c4cc5c(cc4F)S(=O)(=O)C[C@H](N)C(=O)N5Cc4ccc(F)cc4)(CC2)CC3)n1. The Labute approximate surface area is 254 Å². The summed E-state index contributed by atoms with van der Waals surface area (Å²) in [6, 6.07) is 5.81. The summed E-state index contributed by atoms with van der Waals surface area (Å²) in [5, 5.41) is 7.24. The highest BCUT2D eigenvalue weighted by Gasteiger charge is 2.53. The van der Waals surface area contributed by atoms with E-state index in [1.54, 1.807) is 0 Å². The van der Waals surface area contributed by atoms with Crippen molar-refractivity contribution in [2.24, 2.45) is 5.73 Å². The van der Waals surface area contributed by atoms with Gasteiger partial charge >= 0.3 is 0 Å². The fourth-order valence-electron chi connectivity index (χ4n) is 6.58. The standard InChI is InChI=1S/C31H35F2N5O5S/c1-29(2,3)27-35-28(43-37-27)30-8-11-31(12-9-30,13-10-30)36-25(39)20-14-23-24(15-21(20)33)44(41,42)17-22(34)26(40)38(23)16-18-4-6-19(32)7-5-18/h4-7,14-15,22H,8-13,16-17,34H2,1-3H3,(H,36,39)/t22-,30?,31?/m0/s1. The first-order chi connectivity index (χ1) is 20.6. The largest absolute Gasteiger partial charge is 0.347 e. The molecule has 2 amide bonds. The van der Waals surface area contributed by atoms with Gasteiger partial charge in [0.2, 0.25) is 11.8 Å². The van der Waals surface area contributed by atoms with Gasteiger partial charge in [-0.1, -0.05) is 38.1 Å². The molecule has 1 aromatic heterocycles. The highest BCUT2D eigenvalue weighted by molar-refractivity contribution is 7.91. The molecular formula is C31H35F2N5O5S. The summed E-state index contributed by atoms with van der Waals surface area (Å²) < 4.78 is 61.1. The zero-order valence-corrected chi connectivity index (χ0v) is 25.6. The van der Waals surface area contributed by atoms with Crippen LogP contribution in [0.25, 0.3) is 0 Å². The molecule has 3 aliphatic carbocycles. The van der Waals surface area contributed by atoms with Gasteiger partial charge < -0.3 is 20.5 Å². The van der Waals surface area contributed by atoms with Crippen LogP contribution < -0.4 is 16.0 Å². The Bertz CT molecular complexity index is 1720. The number of amides is 2. The van der Waals surface area contributed by atoms with Gasteiger partial charge in [0.15, 0.2) is 15.7 Å². The highest BCUT2D eigenvalue weighted by atomic mass is 32.2. The van der Waals surface area contributed by atoms with Gasteiger partial charge in [0, 0.05) is 16.4 Å². The molecule has 2 aromatic carbocycles. The fraction of sp³-hybridized carbons (Fsp3) is 0.484. The molecule has 4 aliphatic rings. The Hall–Kier alpha value is -3.71. The minimum Gasteiger partial charge on any atom is -0.347 e. The number of halogens is 2. The number of rotatable bonds is 5. The average molecular weight is 628 g/mol. The number of fused-ring (bicyclic) bond motifs is 4. The zero-order valence-electron chi connectivity index (χ0n) is 24.8. The van der Waals surface area contributed by atoms with E-state index in [9.17, 15) is 22.4 Å². The van der Waals surface area contributed by atoms with Crippen molar-refractivity contribution in [1.29, 1.82) is 0 Å². The number of anilines is 1. The van der Waals surface area contributed by atoms with Gasteiger partial charge in [-0.3, -0.25) is 9.59 Å². The predicted molar refractivity (Wildman–Crippen MR) is 157 cm³/mol. The zero-order chi connectivity index (χ0) is 31.7. The van der Waals surface area contributed by atoms with Crippen molar-refractivity contribution >= 4 is 27.3 Å². The maximum absolute atomic E-state index is 15.5. The van der Waals surface area contributed by atoms with Gasteiger partial charge in [-0.15, -0.1) is 0 Å². The molecule has 0 unspecified atom stereocenters. The van der Waals surface area contributed by atoms with Gasteiger partial charge in [-0.2, -0.15) is 4.98 Å². The monoisotopic (exact) mass is 627 g/mol. The van der Waals surface area contributed by atoms with Crippen molar-refractivity contribution in [2.45, 2.75) is 93.1 Å². The van der Waals surface area contributed by atoms with E-state index in [0.717, 1.165) is 17.0 Å². The van der Waals surface area contributed by atoms with Gasteiger partial charge in [0.25, 0.3) is 5.91 Å². The van der Waals surface area contributed by atoms with Crippen molar-refractivity contribution in [3.8, 4) is 0 Å². The van der Waals surface area contributed by atoms with Crippen LogP contribution in [0, 0.1) is 11.6 Å². The number of nitrogens with one attached hydrogen (secondary N) is 1. The molecule has 1 atom stereocenters. The summed E-state index contributed by atoms with van der Waals surface area (Å²) in [5.41, 5.74) is 4.83. The molecule has 3 N–H and O–H groups in total. The van der Waals surface area contributed by atoms with Gasteiger partial charge in [0.1, 0.15) is 11.6 Å². The van der Waals surface area contributed by atoms with Crippen molar-refractivity contribution in [3.05, 3.63) is 70.9 Å². The van der Waals surface area contributed by atoms with Gasteiger partial charge in [0.05, 0.1) is 34.5 Å². The molecule has 3 saturated carbocycles. The average Bonchev–Trinajstić information content (AvgIpc) is 3.47. The molecule has 13 heteroatoms. The molecule has 2 heterocycles. The van der Waals surface area contributed by atoms with E-state index in [1.807, 2.05) is 20.8 Å². The van der Waals surface area contributed by atoms with Crippen LogP contribution in [0.4, 0.5) is 14.5 Å². The third kappa shape index (κ3) is 5.29. The lowest BCUT2D eigenvalue weighted by Crippen LogP contribution is -2.58. The van der Waals surface area contributed by atoms with Crippen molar-refractivity contribution in [3.63, 3.8) is 0 Å². The van der Waals surface area contributed by atoms with Crippen LogP contribution in [0.1, 0.15) is 86.9 Å². The Morgan fingerprint density at radius 2 is 1.73 bits per heavy atom. The molecule has 10 nitrogen and oxygen atoms in total. The number of carbonyl (C=O) groups is 2. The number of hydrogen-bond acceptors (Lipinski definition) is 8. The number of nitrogens with zero attached hydrogens (tertiary/aromatic N) is 3. The van der Waals surface area contributed by atoms with Gasteiger partial charge in [-0.05, 0) is 68.4 Å². The molecule has 3 fully saturated rings. The molecule has 0 radical (unpaired) electrons. The topological polar surface area (TPSA) is 148 Å². The van der Waals surface area contributed by atoms with Crippen LogP contribution in [-0.4, -0.2) is 47.7 Å². The predicted octanol–water partition coefficient (Wildman–Crippen LogP) is 4.07. The molecule has 0 spiro atoms. The second kappa shape index (κ2) is 10.4. The fourth-order valence-corrected chi connectivity index (χ4v) is 8.14. The van der Waals surface area contributed by atoms with Crippen LogP contribution in [-0.2, 0) is 32.0 Å². The minimum atomic E-state index is -4.18. The minimum absolute atomic E-state index is 0.145. The summed E-state index contributed by atoms with van der Waals surface area (Å²) in [4.78, 5) is 32.4. The number of sulfone groups is 1. The number of benzene rings is 2. The molecule has 44 heavy (non-hydrogen) atoms. The van der Waals surface area contributed by atoms with E-state index >= 15 is 4.39 Å². The Morgan fingerprint density at radius 1 is 1.09 bits per heavy atom. The first-order valence-corrected chi connectivity index (χ1v) is 16.3. The lowest BCUT2D eigenvalue weighted by Gasteiger charge is -2.52. The van der Waals surface area contributed by atoms with Crippen LogP contribution in [0.15, 0.2) is 45.8 Å². The third-order valence-electron chi connectivity index (χ3n) is 9.33. The summed E-state index contributed by atoms with van der Waals surface area (Å²) in [7, 11) is -4.18. The van der Waals surface area contributed by atoms with Crippen molar-refractivity contribution < 1.29 is 31.3 Å². The number of nitrogens with two attached hydrogens (primary N) is 1. The number of aromatic nitrogens is 2. The Balaban J connectivity index is 1.28. The first-order valence-electron chi connectivity index (χ1n) is 14.7. The van der Waals surface area contributed by atoms with E-state index in [4.69, 9.17) is 15.2 Å². The van der Waals surface area contributed by atoms with E-state index in [2.05, 4.69) is 10.5 Å². The molecule has 1 aliphatic heterocycles. The molecule has 2 bridgehead atoms. The van der Waals surface area contributed by atoms with Crippen LogP contribution in [0.2, 0.25) is 0 Å². The van der Waals surface area contributed by atoms with E-state index in [0.29, 0.717) is 55.8 Å². The quantitative estimate of drug-likeness (QED) is 0.430. The normalized spacial score (nSPS) is 26.3. The number of carbonyl (C=O) groups excluding carboxylic acids is 2. The van der Waals surface area contributed by atoms with Crippen LogP contribution in [0.3, 0.4) is 0 Å². The van der Waals surface area contributed by atoms with Gasteiger partial charge in [-0.25, -0.2) is 17.2 Å². The van der Waals surface area contributed by atoms with E-state index < -0.39 is 55.5 Å². The molecule has 234 valence electrons. The first kappa shape index (κ1) is 30.3. The van der Waals surface area contributed by atoms with E-state index in [1.165, 1.54) is 24.3 Å². The molecule has 0 saturated heterocycles. The summed E-state index contributed by atoms with van der Waals surface area (Å²) in [5.74, 6) is -2.37. The van der Waals surface area contributed by atoms with Crippen LogP contribution in [0.5, 0.6) is 0 Å². The molecular weight excluding hydrogens is 592 g/mol. The molecule has 3 aromatic rings. The Morgan fingerprint density at radius 3 is 2.32 bits per heavy atom. The smallest absolute Gasteiger partial charge is 0.254 e. The summed E-state index contributed by atoms with van der Waals surface area (Å²) >= 11 is 0. The van der Waals surface area contributed by atoms with Crippen molar-refractivity contribution in [1.82, 2.24) is 15.5 Å². The summed E-state index contributed by atoms with van der Waals surface area (Å²) in [6.45, 7) is 5.90. The second-order valence-electron chi connectivity index (χ2n) is 13.4. The lowest BCUT2D eigenvalue weighted by molar-refractivity contribution is -0.119. The number of hydrogen-bond donors (Lipinski definition) is 2. The van der Waals surface area contributed by atoms with Crippen LogP contribution >= 0.6 is 0 Å². The Kier molecular flexibility index (Phi) is 7.19. The maximum atomic E-state index is 15.5. The second-order valence-corrected chi connectivity index (χ2v) is 15.4. The van der Waals surface area contributed by atoms with E-state index in [-0.39, 0.29) is 28.6 Å². The third-order valence-corrected chi connectivity index (χ3v) is 11.1. The maximum Gasteiger partial charge on any atom is 0.254 e. The highest BCUT2D eigenvalue weighted by Crippen LogP contribution is 2.53. The molecule has 7 rings (SSSR count). The van der Waals surface area contributed by atoms with Crippen molar-refractivity contribution in [2.75, 3.05) is 10.7 Å². The lowest BCUT2D eigenvalue weighted by atomic mass is 9.57.